The lowest BCUT2D eigenvalue weighted by molar-refractivity contribution is -0.141. The number of thioether (sulfide) groups is 1. The zero-order chi connectivity index (χ0) is 23.5. The molecule has 0 saturated heterocycles. The molecular formula is C26H36N2O3S. The average molecular weight is 457 g/mol. The maximum absolute atomic E-state index is 13.3. The number of carbonyl (C=O) groups excluding carboxylic acids is 2. The van der Waals surface area contributed by atoms with E-state index in [1.165, 1.54) is 5.56 Å². The zero-order valence-corrected chi connectivity index (χ0v) is 20.7. The maximum Gasteiger partial charge on any atom is 0.242 e. The van der Waals surface area contributed by atoms with Crippen molar-refractivity contribution in [2.75, 3.05) is 19.4 Å². The van der Waals surface area contributed by atoms with Gasteiger partial charge in [0.25, 0.3) is 0 Å². The minimum absolute atomic E-state index is 0.0148. The van der Waals surface area contributed by atoms with E-state index < -0.39 is 6.04 Å². The summed E-state index contributed by atoms with van der Waals surface area (Å²) in [5, 5.41) is 3.00. The van der Waals surface area contributed by atoms with Crippen molar-refractivity contribution in [3.8, 4) is 5.75 Å². The van der Waals surface area contributed by atoms with Crippen LogP contribution in [0.2, 0.25) is 0 Å². The maximum atomic E-state index is 13.3. The van der Waals surface area contributed by atoms with Crippen molar-refractivity contribution in [2.24, 2.45) is 5.92 Å². The SMILES string of the molecule is CCC(C(=O)NCC(C)C)N(Cc1cccc(OC)c1)C(=O)CCSc1ccc(C)cc1. The molecule has 2 amide bonds. The Hall–Kier alpha value is -2.47. The third-order valence-corrected chi connectivity index (χ3v) is 6.18. The molecule has 2 aromatic rings. The monoisotopic (exact) mass is 456 g/mol. The number of benzene rings is 2. The van der Waals surface area contributed by atoms with E-state index in [4.69, 9.17) is 4.74 Å². The molecule has 1 atom stereocenters. The first-order valence-corrected chi connectivity index (χ1v) is 12.2. The second-order valence-electron chi connectivity index (χ2n) is 8.35. The van der Waals surface area contributed by atoms with Gasteiger partial charge in [-0.2, -0.15) is 0 Å². The summed E-state index contributed by atoms with van der Waals surface area (Å²) in [5.74, 6) is 1.65. The van der Waals surface area contributed by atoms with Crippen molar-refractivity contribution in [3.05, 3.63) is 59.7 Å². The van der Waals surface area contributed by atoms with Crippen LogP contribution in [0.3, 0.4) is 0 Å². The molecule has 32 heavy (non-hydrogen) atoms. The average Bonchev–Trinajstić information content (AvgIpc) is 2.78. The van der Waals surface area contributed by atoms with Crippen molar-refractivity contribution in [3.63, 3.8) is 0 Å². The zero-order valence-electron chi connectivity index (χ0n) is 19.9. The van der Waals surface area contributed by atoms with Crippen LogP contribution >= 0.6 is 11.8 Å². The Morgan fingerprint density at radius 2 is 1.84 bits per heavy atom. The smallest absolute Gasteiger partial charge is 0.242 e. The fourth-order valence-electron chi connectivity index (χ4n) is 3.34. The lowest BCUT2D eigenvalue weighted by Crippen LogP contribution is -2.49. The van der Waals surface area contributed by atoms with E-state index >= 15 is 0 Å². The fourth-order valence-corrected chi connectivity index (χ4v) is 4.18. The molecule has 0 bridgehead atoms. The number of amides is 2. The topological polar surface area (TPSA) is 58.6 Å². The molecule has 6 heteroatoms. The van der Waals surface area contributed by atoms with Crippen molar-refractivity contribution < 1.29 is 14.3 Å². The molecule has 0 saturated carbocycles. The van der Waals surface area contributed by atoms with Crippen LogP contribution in [-0.4, -0.2) is 42.2 Å². The first kappa shape index (κ1) is 25.8. The Morgan fingerprint density at radius 3 is 2.47 bits per heavy atom. The van der Waals surface area contributed by atoms with E-state index in [1.807, 2.05) is 31.2 Å². The summed E-state index contributed by atoms with van der Waals surface area (Å²) in [6, 6.07) is 15.5. The standard InChI is InChI=1S/C26H36N2O3S/c1-6-24(26(30)27-17-19(2)3)28(18-21-8-7-9-22(16-21)31-5)25(29)14-15-32-23-12-10-20(4)11-13-23/h7-13,16,19,24H,6,14-15,17-18H2,1-5H3,(H,27,30). The summed E-state index contributed by atoms with van der Waals surface area (Å²) >= 11 is 1.66. The van der Waals surface area contributed by atoms with Crippen LogP contribution in [0.5, 0.6) is 5.75 Å². The predicted octanol–water partition coefficient (Wildman–Crippen LogP) is 5.07. The number of carbonyl (C=O) groups is 2. The number of nitrogens with zero attached hydrogens (tertiary/aromatic N) is 1. The lowest BCUT2D eigenvalue weighted by atomic mass is 10.1. The first-order valence-electron chi connectivity index (χ1n) is 11.2. The van der Waals surface area contributed by atoms with Crippen LogP contribution in [-0.2, 0) is 16.1 Å². The molecule has 5 nitrogen and oxygen atoms in total. The van der Waals surface area contributed by atoms with Gasteiger partial charge < -0.3 is 15.0 Å². The minimum atomic E-state index is -0.503. The van der Waals surface area contributed by atoms with Crippen molar-refractivity contribution in [1.82, 2.24) is 10.2 Å². The summed E-state index contributed by atoms with van der Waals surface area (Å²) in [6.07, 6.45) is 0.932. The lowest BCUT2D eigenvalue weighted by Gasteiger charge is -2.31. The number of aryl methyl sites for hydroxylation is 1. The Balaban J connectivity index is 2.13. The quantitative estimate of drug-likeness (QED) is 0.453. The van der Waals surface area contributed by atoms with Crippen molar-refractivity contribution in [2.45, 2.75) is 58.0 Å². The highest BCUT2D eigenvalue weighted by molar-refractivity contribution is 7.99. The molecule has 1 N–H and O–H groups in total. The normalized spacial score (nSPS) is 11.8. The van der Waals surface area contributed by atoms with Gasteiger partial charge in [-0.05, 0) is 49.1 Å². The summed E-state index contributed by atoms with van der Waals surface area (Å²) in [5.41, 5.74) is 2.16. The molecule has 0 aliphatic carbocycles. The highest BCUT2D eigenvalue weighted by atomic mass is 32.2. The fraction of sp³-hybridized carbons (Fsp3) is 0.462. The first-order chi connectivity index (χ1) is 15.3. The van der Waals surface area contributed by atoms with Gasteiger partial charge in [0.1, 0.15) is 11.8 Å². The van der Waals surface area contributed by atoms with E-state index in [0.29, 0.717) is 37.6 Å². The molecule has 1 unspecified atom stereocenters. The van der Waals surface area contributed by atoms with Gasteiger partial charge in [-0.3, -0.25) is 9.59 Å². The third kappa shape index (κ3) is 8.23. The van der Waals surface area contributed by atoms with Crippen LogP contribution in [0.4, 0.5) is 0 Å². The molecular weight excluding hydrogens is 420 g/mol. The summed E-state index contributed by atoms with van der Waals surface area (Å²) in [4.78, 5) is 29.1. The van der Waals surface area contributed by atoms with Crippen LogP contribution in [0.1, 0.15) is 44.7 Å². The van der Waals surface area contributed by atoms with Crippen molar-refractivity contribution in [1.29, 1.82) is 0 Å². The van der Waals surface area contributed by atoms with Gasteiger partial charge in [0.2, 0.25) is 11.8 Å². The molecule has 0 spiro atoms. The number of nitrogens with one attached hydrogen (secondary N) is 1. The number of rotatable bonds is 12. The molecule has 0 aliphatic heterocycles. The molecule has 0 aromatic heterocycles. The van der Waals surface area contributed by atoms with Crippen LogP contribution in [0.25, 0.3) is 0 Å². The molecule has 2 rings (SSSR count). The number of hydrogen-bond acceptors (Lipinski definition) is 4. The Bertz CT molecular complexity index is 868. The predicted molar refractivity (Wildman–Crippen MR) is 132 cm³/mol. The van der Waals surface area contributed by atoms with Gasteiger partial charge in [-0.15, -0.1) is 11.8 Å². The molecule has 0 fully saturated rings. The summed E-state index contributed by atoms with van der Waals surface area (Å²) < 4.78 is 5.33. The van der Waals surface area contributed by atoms with E-state index in [2.05, 4.69) is 50.4 Å². The van der Waals surface area contributed by atoms with Crippen LogP contribution < -0.4 is 10.1 Å². The minimum Gasteiger partial charge on any atom is -0.497 e. The van der Waals surface area contributed by atoms with E-state index in [-0.39, 0.29) is 11.8 Å². The number of methoxy groups -OCH3 is 1. The molecule has 2 aromatic carbocycles. The van der Waals surface area contributed by atoms with Crippen LogP contribution in [0.15, 0.2) is 53.4 Å². The summed E-state index contributed by atoms with van der Waals surface area (Å²) in [7, 11) is 1.62. The van der Waals surface area contributed by atoms with Gasteiger partial charge in [0.05, 0.1) is 7.11 Å². The Labute approximate surface area is 196 Å². The van der Waals surface area contributed by atoms with Crippen LogP contribution in [0, 0.1) is 12.8 Å². The van der Waals surface area contributed by atoms with Gasteiger partial charge in [0.15, 0.2) is 0 Å². The van der Waals surface area contributed by atoms with Crippen molar-refractivity contribution >= 4 is 23.6 Å². The van der Waals surface area contributed by atoms with Gasteiger partial charge in [0, 0.05) is 30.2 Å². The Kier molecular flexibility index (Phi) is 10.6. The van der Waals surface area contributed by atoms with Gasteiger partial charge in [-0.1, -0.05) is 50.6 Å². The largest absolute Gasteiger partial charge is 0.497 e. The molecule has 174 valence electrons. The second kappa shape index (κ2) is 13.2. The number of ether oxygens (including phenoxy) is 1. The van der Waals surface area contributed by atoms with E-state index in [1.54, 1.807) is 23.8 Å². The Morgan fingerprint density at radius 1 is 1.12 bits per heavy atom. The van der Waals surface area contributed by atoms with Gasteiger partial charge in [-0.25, -0.2) is 0 Å². The van der Waals surface area contributed by atoms with E-state index in [0.717, 1.165) is 16.2 Å². The second-order valence-corrected chi connectivity index (χ2v) is 9.52. The number of hydrogen-bond donors (Lipinski definition) is 1. The highest BCUT2D eigenvalue weighted by Gasteiger charge is 2.28. The third-order valence-electron chi connectivity index (χ3n) is 5.16. The van der Waals surface area contributed by atoms with Gasteiger partial charge >= 0.3 is 0 Å². The molecule has 0 heterocycles. The highest BCUT2D eigenvalue weighted by Crippen LogP contribution is 2.22. The van der Waals surface area contributed by atoms with E-state index in [9.17, 15) is 9.59 Å². The molecule has 0 aliphatic rings. The summed E-state index contributed by atoms with van der Waals surface area (Å²) in [6.45, 7) is 9.10. The molecule has 0 radical (unpaired) electrons.